The number of unbranched alkanes of at least 4 members (excludes halogenated alkanes) is 1. The van der Waals surface area contributed by atoms with Crippen LogP contribution in [0.3, 0.4) is 0 Å². The normalized spacial score (nSPS) is 12.7. The standard InChI is InChI=1S/C15H25N/c1-4-6-8-13-9-11-14(12-10-13)15(16-3)7-5-2/h9-12,15-16H,4-8H2,1-3H3. The molecule has 1 aromatic rings. The van der Waals surface area contributed by atoms with Gasteiger partial charge in [-0.1, -0.05) is 51.0 Å². The first-order valence-electron chi connectivity index (χ1n) is 6.57. The summed E-state index contributed by atoms with van der Waals surface area (Å²) >= 11 is 0. The van der Waals surface area contributed by atoms with E-state index in [1.807, 2.05) is 7.05 Å². The summed E-state index contributed by atoms with van der Waals surface area (Å²) in [6, 6.07) is 9.64. The third-order valence-corrected chi connectivity index (χ3v) is 3.13. The lowest BCUT2D eigenvalue weighted by Crippen LogP contribution is -2.15. The van der Waals surface area contributed by atoms with Gasteiger partial charge >= 0.3 is 0 Å². The van der Waals surface area contributed by atoms with Crippen LogP contribution in [0.4, 0.5) is 0 Å². The highest BCUT2D eigenvalue weighted by atomic mass is 14.9. The summed E-state index contributed by atoms with van der Waals surface area (Å²) < 4.78 is 0. The lowest BCUT2D eigenvalue weighted by atomic mass is 9.99. The van der Waals surface area contributed by atoms with E-state index in [-0.39, 0.29) is 0 Å². The second kappa shape index (κ2) is 7.45. The van der Waals surface area contributed by atoms with E-state index in [9.17, 15) is 0 Å². The van der Waals surface area contributed by atoms with Crippen LogP contribution < -0.4 is 5.32 Å². The van der Waals surface area contributed by atoms with Crippen LogP contribution in [0.2, 0.25) is 0 Å². The SMILES string of the molecule is CCCCc1ccc(C(CCC)NC)cc1. The Kier molecular flexibility index (Phi) is 6.17. The van der Waals surface area contributed by atoms with Crippen LogP contribution in [0.5, 0.6) is 0 Å². The first-order valence-corrected chi connectivity index (χ1v) is 6.57. The molecule has 0 saturated heterocycles. The van der Waals surface area contributed by atoms with E-state index in [1.165, 1.54) is 43.2 Å². The van der Waals surface area contributed by atoms with Gasteiger partial charge in [-0.3, -0.25) is 0 Å². The number of nitrogens with one attached hydrogen (secondary N) is 1. The Bertz CT molecular complexity index is 276. The van der Waals surface area contributed by atoms with Crippen LogP contribution in [0, 0.1) is 0 Å². The maximum absolute atomic E-state index is 3.38. The summed E-state index contributed by atoms with van der Waals surface area (Å²) in [5.74, 6) is 0. The van der Waals surface area contributed by atoms with E-state index in [0.29, 0.717) is 6.04 Å². The maximum Gasteiger partial charge on any atom is 0.0317 e. The van der Waals surface area contributed by atoms with Crippen LogP contribution in [0.15, 0.2) is 24.3 Å². The fourth-order valence-electron chi connectivity index (χ4n) is 2.06. The minimum absolute atomic E-state index is 0.519. The predicted octanol–water partition coefficient (Wildman–Crippen LogP) is 4.09. The smallest absolute Gasteiger partial charge is 0.0317 e. The third-order valence-electron chi connectivity index (χ3n) is 3.13. The molecule has 1 atom stereocenters. The zero-order chi connectivity index (χ0) is 11.8. The van der Waals surface area contributed by atoms with Crippen molar-refractivity contribution in [3.05, 3.63) is 35.4 Å². The second-order valence-corrected chi connectivity index (χ2v) is 4.48. The van der Waals surface area contributed by atoms with Crippen molar-refractivity contribution >= 4 is 0 Å². The Balaban J connectivity index is 2.61. The van der Waals surface area contributed by atoms with Gasteiger partial charge in [-0.2, -0.15) is 0 Å². The monoisotopic (exact) mass is 219 g/mol. The average Bonchev–Trinajstić information content (AvgIpc) is 2.34. The second-order valence-electron chi connectivity index (χ2n) is 4.48. The molecule has 0 aliphatic heterocycles. The molecule has 1 nitrogen and oxygen atoms in total. The maximum atomic E-state index is 3.38. The van der Waals surface area contributed by atoms with Gasteiger partial charge in [0.1, 0.15) is 0 Å². The van der Waals surface area contributed by atoms with Gasteiger partial charge in [0.15, 0.2) is 0 Å². The van der Waals surface area contributed by atoms with Crippen LogP contribution in [-0.2, 0) is 6.42 Å². The fraction of sp³-hybridized carbons (Fsp3) is 0.600. The zero-order valence-corrected chi connectivity index (χ0v) is 10.9. The molecule has 0 heterocycles. The molecular weight excluding hydrogens is 194 g/mol. The summed E-state index contributed by atoms with van der Waals surface area (Å²) in [6.07, 6.45) is 6.23. The number of hydrogen-bond donors (Lipinski definition) is 1. The zero-order valence-electron chi connectivity index (χ0n) is 10.9. The van der Waals surface area contributed by atoms with Crippen molar-refractivity contribution in [2.24, 2.45) is 0 Å². The van der Waals surface area contributed by atoms with E-state index in [4.69, 9.17) is 0 Å². The van der Waals surface area contributed by atoms with Gasteiger partial charge in [0.2, 0.25) is 0 Å². The Labute approximate surface area is 100 Å². The lowest BCUT2D eigenvalue weighted by Gasteiger charge is -2.16. The quantitative estimate of drug-likeness (QED) is 0.728. The number of aryl methyl sites for hydroxylation is 1. The van der Waals surface area contributed by atoms with Gasteiger partial charge in [-0.05, 0) is 37.4 Å². The minimum Gasteiger partial charge on any atom is -0.313 e. The molecule has 1 N–H and O–H groups in total. The van der Waals surface area contributed by atoms with Crippen molar-refractivity contribution in [1.82, 2.24) is 5.32 Å². The first-order chi connectivity index (χ1) is 7.81. The summed E-state index contributed by atoms with van der Waals surface area (Å²) in [6.45, 7) is 4.48. The van der Waals surface area contributed by atoms with Crippen LogP contribution in [0.25, 0.3) is 0 Å². The highest BCUT2D eigenvalue weighted by molar-refractivity contribution is 5.25. The molecule has 16 heavy (non-hydrogen) atoms. The van der Waals surface area contributed by atoms with Crippen molar-refractivity contribution in [2.45, 2.75) is 52.0 Å². The molecule has 1 heteroatoms. The Morgan fingerprint density at radius 2 is 1.75 bits per heavy atom. The third kappa shape index (κ3) is 3.97. The lowest BCUT2D eigenvalue weighted by molar-refractivity contribution is 0.541. The first kappa shape index (κ1) is 13.2. The van der Waals surface area contributed by atoms with E-state index in [1.54, 1.807) is 0 Å². The summed E-state index contributed by atoms with van der Waals surface area (Å²) in [5.41, 5.74) is 2.89. The summed E-state index contributed by atoms with van der Waals surface area (Å²) in [7, 11) is 2.05. The molecule has 0 bridgehead atoms. The van der Waals surface area contributed by atoms with Gasteiger partial charge in [0.05, 0.1) is 0 Å². The van der Waals surface area contributed by atoms with Crippen LogP contribution >= 0.6 is 0 Å². The number of rotatable bonds is 7. The molecule has 0 fully saturated rings. The van der Waals surface area contributed by atoms with E-state index < -0.39 is 0 Å². The summed E-state index contributed by atoms with van der Waals surface area (Å²) in [5, 5.41) is 3.38. The highest BCUT2D eigenvalue weighted by Gasteiger charge is 2.06. The van der Waals surface area contributed by atoms with E-state index in [2.05, 4.69) is 43.4 Å². The highest BCUT2D eigenvalue weighted by Crippen LogP contribution is 2.19. The molecule has 0 saturated carbocycles. The van der Waals surface area contributed by atoms with Crippen LogP contribution in [-0.4, -0.2) is 7.05 Å². The van der Waals surface area contributed by atoms with Crippen molar-refractivity contribution in [1.29, 1.82) is 0 Å². The molecule has 90 valence electrons. The molecule has 1 aromatic carbocycles. The summed E-state index contributed by atoms with van der Waals surface area (Å²) in [4.78, 5) is 0. The molecule has 0 amide bonds. The van der Waals surface area contributed by atoms with Crippen molar-refractivity contribution in [3.63, 3.8) is 0 Å². The fourth-order valence-corrected chi connectivity index (χ4v) is 2.06. The topological polar surface area (TPSA) is 12.0 Å². The van der Waals surface area contributed by atoms with Crippen molar-refractivity contribution < 1.29 is 0 Å². The van der Waals surface area contributed by atoms with Gasteiger partial charge in [-0.15, -0.1) is 0 Å². The Morgan fingerprint density at radius 1 is 1.06 bits per heavy atom. The Morgan fingerprint density at radius 3 is 2.25 bits per heavy atom. The molecule has 1 unspecified atom stereocenters. The van der Waals surface area contributed by atoms with Crippen LogP contribution in [0.1, 0.15) is 56.7 Å². The van der Waals surface area contributed by atoms with E-state index >= 15 is 0 Å². The van der Waals surface area contributed by atoms with Gasteiger partial charge in [-0.25, -0.2) is 0 Å². The van der Waals surface area contributed by atoms with E-state index in [0.717, 1.165) is 0 Å². The molecule has 0 aliphatic rings. The van der Waals surface area contributed by atoms with Gasteiger partial charge in [0, 0.05) is 6.04 Å². The number of benzene rings is 1. The minimum atomic E-state index is 0.519. The number of hydrogen-bond acceptors (Lipinski definition) is 1. The molecule has 0 spiro atoms. The Hall–Kier alpha value is -0.820. The largest absolute Gasteiger partial charge is 0.313 e. The van der Waals surface area contributed by atoms with Crippen molar-refractivity contribution in [2.75, 3.05) is 7.05 Å². The molecule has 0 aromatic heterocycles. The van der Waals surface area contributed by atoms with Gasteiger partial charge < -0.3 is 5.32 Å². The average molecular weight is 219 g/mol. The van der Waals surface area contributed by atoms with Crippen molar-refractivity contribution in [3.8, 4) is 0 Å². The van der Waals surface area contributed by atoms with Gasteiger partial charge in [0.25, 0.3) is 0 Å². The molecule has 1 rings (SSSR count). The molecule has 0 aliphatic carbocycles. The predicted molar refractivity (Wildman–Crippen MR) is 71.8 cm³/mol. The molecule has 0 radical (unpaired) electrons. The molecular formula is C15H25N.